The Hall–Kier alpha value is -2.57. The molecule has 2 N–H and O–H groups in total. The van der Waals surface area contributed by atoms with Gasteiger partial charge in [0.05, 0.1) is 12.7 Å². The number of hydrogen-bond acceptors (Lipinski definition) is 5. The van der Waals surface area contributed by atoms with Crippen LogP contribution in [0.2, 0.25) is 0 Å². The smallest absolute Gasteiger partial charge is 0.321 e. The number of benzene rings is 1. The second kappa shape index (κ2) is 9.05. The van der Waals surface area contributed by atoms with Crippen molar-refractivity contribution in [3.8, 4) is 11.5 Å². The minimum atomic E-state index is -0.575. The van der Waals surface area contributed by atoms with Crippen molar-refractivity contribution in [1.29, 1.82) is 0 Å². The first-order valence-electron chi connectivity index (χ1n) is 8.40. The van der Waals surface area contributed by atoms with E-state index in [9.17, 15) is 14.4 Å². The summed E-state index contributed by atoms with van der Waals surface area (Å²) in [5.74, 6) is 0.598. The molecule has 7 heteroatoms. The Morgan fingerprint density at radius 2 is 2.04 bits per heavy atom. The lowest BCUT2D eigenvalue weighted by molar-refractivity contribution is -0.122. The van der Waals surface area contributed by atoms with Crippen molar-refractivity contribution in [1.82, 2.24) is 10.6 Å². The molecule has 0 heterocycles. The van der Waals surface area contributed by atoms with Gasteiger partial charge in [-0.15, -0.1) is 0 Å². The van der Waals surface area contributed by atoms with Crippen LogP contribution in [0.5, 0.6) is 11.5 Å². The molecule has 0 aromatic heterocycles. The largest absolute Gasteiger partial charge is 0.497 e. The van der Waals surface area contributed by atoms with Crippen LogP contribution in [0.15, 0.2) is 18.2 Å². The first kappa shape index (κ1) is 18.8. The molecule has 136 valence electrons. The maximum Gasteiger partial charge on any atom is 0.321 e. The molecule has 0 aliphatic heterocycles. The quantitative estimate of drug-likeness (QED) is 0.769. The molecular weight excluding hydrogens is 324 g/mol. The van der Waals surface area contributed by atoms with Gasteiger partial charge in [-0.25, -0.2) is 4.79 Å². The number of aldehydes is 1. The molecule has 0 bridgehead atoms. The van der Waals surface area contributed by atoms with Gasteiger partial charge in [0.2, 0.25) is 0 Å². The highest BCUT2D eigenvalue weighted by atomic mass is 16.5. The van der Waals surface area contributed by atoms with Crippen molar-refractivity contribution in [2.24, 2.45) is 5.92 Å². The highest BCUT2D eigenvalue weighted by Gasteiger charge is 2.23. The lowest BCUT2D eigenvalue weighted by Crippen LogP contribution is -2.48. The van der Waals surface area contributed by atoms with Crippen LogP contribution in [0.25, 0.3) is 0 Å². The number of carbonyl (C=O) groups excluding carboxylic acids is 3. The molecule has 3 amide bonds. The molecule has 1 aliphatic carbocycles. The summed E-state index contributed by atoms with van der Waals surface area (Å²) in [6.07, 6.45) is 4.88. The Balaban J connectivity index is 1.82. The lowest BCUT2D eigenvalue weighted by Gasteiger charge is -2.29. The Kier molecular flexibility index (Phi) is 6.80. The number of rotatable bonds is 6. The summed E-state index contributed by atoms with van der Waals surface area (Å²) in [6, 6.07) is 4.25. The molecule has 7 nitrogen and oxygen atoms in total. The minimum absolute atomic E-state index is 0.0886. The van der Waals surface area contributed by atoms with E-state index in [1.807, 2.05) is 0 Å². The lowest BCUT2D eigenvalue weighted by atomic mass is 9.86. The summed E-state index contributed by atoms with van der Waals surface area (Å²) >= 11 is 0. The third-order valence-electron chi connectivity index (χ3n) is 4.38. The van der Waals surface area contributed by atoms with Gasteiger partial charge in [-0.3, -0.25) is 14.9 Å². The van der Waals surface area contributed by atoms with E-state index in [1.54, 1.807) is 12.1 Å². The number of carbonyl (C=O) groups is 3. The highest BCUT2D eigenvalue weighted by molar-refractivity contribution is 5.95. The fourth-order valence-electron chi connectivity index (χ4n) is 2.92. The summed E-state index contributed by atoms with van der Waals surface area (Å²) in [6.45, 7) is 1.74. The zero-order chi connectivity index (χ0) is 18.2. The summed E-state index contributed by atoms with van der Waals surface area (Å²) in [5, 5.41) is 5.09. The maximum absolute atomic E-state index is 11.9. The topological polar surface area (TPSA) is 93.7 Å². The third kappa shape index (κ3) is 5.48. The molecular formula is C18H24N2O5. The van der Waals surface area contributed by atoms with Gasteiger partial charge in [0, 0.05) is 6.04 Å². The first-order chi connectivity index (χ1) is 12.0. The fourth-order valence-corrected chi connectivity index (χ4v) is 2.92. The monoisotopic (exact) mass is 348 g/mol. The zero-order valence-electron chi connectivity index (χ0n) is 14.5. The zero-order valence-corrected chi connectivity index (χ0v) is 14.5. The first-order valence-corrected chi connectivity index (χ1v) is 8.40. The SMILES string of the molecule is COc1ccc(OCC(=O)NC(=O)N[C@@H]2CCCC[C@H]2C)c(C=O)c1. The van der Waals surface area contributed by atoms with Crippen molar-refractivity contribution < 1.29 is 23.9 Å². The number of nitrogens with one attached hydrogen (secondary N) is 2. The van der Waals surface area contributed by atoms with Crippen molar-refractivity contribution in [3.05, 3.63) is 23.8 Å². The standard InChI is InChI=1S/C18H24N2O5/c1-12-5-3-4-6-15(12)19-18(23)20-17(22)11-25-16-8-7-14(24-2)9-13(16)10-21/h7-10,12,15H,3-6,11H2,1-2H3,(H2,19,20,22,23)/t12-,15-/m1/s1. The van der Waals surface area contributed by atoms with E-state index in [2.05, 4.69) is 17.6 Å². The summed E-state index contributed by atoms with van der Waals surface area (Å²) < 4.78 is 10.3. The number of urea groups is 1. The van der Waals surface area contributed by atoms with Gasteiger partial charge in [-0.2, -0.15) is 0 Å². The Bertz CT molecular complexity index is 632. The van der Waals surface area contributed by atoms with E-state index in [1.165, 1.54) is 19.6 Å². The van der Waals surface area contributed by atoms with Crippen molar-refractivity contribution in [3.63, 3.8) is 0 Å². The molecule has 1 saturated carbocycles. The van der Waals surface area contributed by atoms with Crippen LogP contribution in [0, 0.1) is 5.92 Å². The van der Waals surface area contributed by atoms with E-state index >= 15 is 0 Å². The molecule has 1 aromatic rings. The third-order valence-corrected chi connectivity index (χ3v) is 4.38. The molecule has 1 fully saturated rings. The van der Waals surface area contributed by atoms with E-state index in [0.717, 1.165) is 19.3 Å². The van der Waals surface area contributed by atoms with Crippen LogP contribution in [-0.2, 0) is 4.79 Å². The molecule has 2 atom stereocenters. The molecule has 0 spiro atoms. The Labute approximate surface area is 147 Å². The predicted molar refractivity (Wildman–Crippen MR) is 92.0 cm³/mol. The average molecular weight is 348 g/mol. The van der Waals surface area contributed by atoms with Gasteiger partial charge in [0.15, 0.2) is 12.9 Å². The van der Waals surface area contributed by atoms with Gasteiger partial charge in [0.25, 0.3) is 5.91 Å². The Morgan fingerprint density at radius 3 is 2.72 bits per heavy atom. The number of imide groups is 1. The molecule has 0 radical (unpaired) electrons. The van der Waals surface area contributed by atoms with Crippen LogP contribution in [-0.4, -0.2) is 38.0 Å². The second-order valence-corrected chi connectivity index (χ2v) is 6.20. The van der Waals surface area contributed by atoms with E-state index in [0.29, 0.717) is 18.0 Å². The van der Waals surface area contributed by atoms with Gasteiger partial charge < -0.3 is 14.8 Å². The van der Waals surface area contributed by atoms with Crippen molar-refractivity contribution in [2.75, 3.05) is 13.7 Å². The minimum Gasteiger partial charge on any atom is -0.497 e. The highest BCUT2D eigenvalue weighted by Crippen LogP contribution is 2.24. The molecule has 0 saturated heterocycles. The molecule has 1 aliphatic rings. The Morgan fingerprint density at radius 1 is 1.28 bits per heavy atom. The van der Waals surface area contributed by atoms with Crippen molar-refractivity contribution >= 4 is 18.2 Å². The predicted octanol–water partition coefficient (Wildman–Crippen LogP) is 2.29. The number of hydrogen-bond donors (Lipinski definition) is 2. The van der Waals surface area contributed by atoms with Gasteiger partial charge in [-0.1, -0.05) is 19.8 Å². The van der Waals surface area contributed by atoms with Gasteiger partial charge in [0.1, 0.15) is 11.5 Å². The van der Waals surface area contributed by atoms with Gasteiger partial charge >= 0.3 is 6.03 Å². The molecule has 0 unspecified atom stereocenters. The number of ether oxygens (including phenoxy) is 2. The van der Waals surface area contributed by atoms with Crippen molar-refractivity contribution in [2.45, 2.75) is 38.6 Å². The number of methoxy groups -OCH3 is 1. The van der Waals surface area contributed by atoms with Crippen LogP contribution in [0.4, 0.5) is 4.79 Å². The van der Waals surface area contributed by atoms with Crippen LogP contribution in [0.1, 0.15) is 43.0 Å². The number of amides is 3. The van der Waals surface area contributed by atoms with Crippen LogP contribution >= 0.6 is 0 Å². The fraction of sp³-hybridized carbons (Fsp3) is 0.500. The second-order valence-electron chi connectivity index (χ2n) is 6.20. The maximum atomic E-state index is 11.9. The van der Waals surface area contributed by atoms with Crippen LogP contribution < -0.4 is 20.1 Å². The average Bonchev–Trinajstić information content (AvgIpc) is 2.61. The molecule has 25 heavy (non-hydrogen) atoms. The van der Waals surface area contributed by atoms with Crippen LogP contribution in [0.3, 0.4) is 0 Å². The van der Waals surface area contributed by atoms with E-state index in [4.69, 9.17) is 9.47 Å². The van der Waals surface area contributed by atoms with E-state index < -0.39 is 11.9 Å². The van der Waals surface area contributed by atoms with E-state index in [-0.39, 0.29) is 24.0 Å². The summed E-state index contributed by atoms with van der Waals surface area (Å²) in [4.78, 5) is 34.8. The normalized spacial score (nSPS) is 19.6. The van der Waals surface area contributed by atoms with Gasteiger partial charge in [-0.05, 0) is 37.0 Å². The summed E-state index contributed by atoms with van der Waals surface area (Å²) in [7, 11) is 1.49. The molecule has 1 aromatic carbocycles. The summed E-state index contributed by atoms with van der Waals surface area (Å²) in [5.41, 5.74) is 0.271. The molecule has 2 rings (SSSR count).